The molecular formula is C13H16F2N2O2S. The SMILES string of the molecule is COC1CNC(C(=O)Nc2ccc(SC(F)F)cc2)C1. The predicted octanol–water partition coefficient (Wildman–Crippen LogP) is 2.32. The number of carbonyl (C=O) groups excluding carboxylic acids is 1. The molecule has 0 bridgehead atoms. The molecule has 2 unspecified atom stereocenters. The van der Waals surface area contributed by atoms with Crippen LogP contribution in [-0.4, -0.2) is 37.5 Å². The van der Waals surface area contributed by atoms with Crippen molar-refractivity contribution in [1.29, 1.82) is 0 Å². The Hall–Kier alpha value is -1.18. The Balaban J connectivity index is 1.88. The summed E-state index contributed by atoms with van der Waals surface area (Å²) in [6.45, 7) is 0.651. The molecule has 0 radical (unpaired) electrons. The van der Waals surface area contributed by atoms with Gasteiger partial charge in [-0.3, -0.25) is 4.79 Å². The van der Waals surface area contributed by atoms with Crippen LogP contribution in [-0.2, 0) is 9.53 Å². The summed E-state index contributed by atoms with van der Waals surface area (Å²) in [5, 5.41) is 5.83. The van der Waals surface area contributed by atoms with Gasteiger partial charge in [-0.15, -0.1) is 0 Å². The van der Waals surface area contributed by atoms with Crippen molar-refractivity contribution in [1.82, 2.24) is 5.32 Å². The van der Waals surface area contributed by atoms with Crippen LogP contribution in [0.15, 0.2) is 29.2 Å². The molecule has 110 valence electrons. The van der Waals surface area contributed by atoms with Crippen LogP contribution in [0.5, 0.6) is 0 Å². The minimum Gasteiger partial charge on any atom is -0.380 e. The summed E-state index contributed by atoms with van der Waals surface area (Å²) in [7, 11) is 1.62. The molecular weight excluding hydrogens is 286 g/mol. The maximum atomic E-state index is 12.2. The molecule has 7 heteroatoms. The van der Waals surface area contributed by atoms with Gasteiger partial charge in [-0.05, 0) is 30.7 Å². The summed E-state index contributed by atoms with van der Waals surface area (Å²) in [6.07, 6.45) is 0.678. The fraction of sp³-hybridized carbons (Fsp3) is 0.462. The van der Waals surface area contributed by atoms with Crippen molar-refractivity contribution in [3.63, 3.8) is 0 Å². The Morgan fingerprint density at radius 1 is 1.45 bits per heavy atom. The summed E-state index contributed by atoms with van der Waals surface area (Å²) in [5.74, 6) is -2.58. The van der Waals surface area contributed by atoms with E-state index in [-0.39, 0.29) is 18.1 Å². The van der Waals surface area contributed by atoms with Crippen molar-refractivity contribution in [2.45, 2.75) is 29.2 Å². The van der Waals surface area contributed by atoms with E-state index in [1.54, 1.807) is 31.4 Å². The van der Waals surface area contributed by atoms with Crippen LogP contribution in [0.1, 0.15) is 6.42 Å². The summed E-state index contributed by atoms with van der Waals surface area (Å²) >= 11 is 0.480. The van der Waals surface area contributed by atoms with Crippen molar-refractivity contribution in [3.05, 3.63) is 24.3 Å². The lowest BCUT2D eigenvalue weighted by Crippen LogP contribution is -2.35. The molecule has 1 amide bonds. The van der Waals surface area contributed by atoms with Crippen molar-refractivity contribution >= 4 is 23.4 Å². The van der Waals surface area contributed by atoms with E-state index >= 15 is 0 Å². The molecule has 2 rings (SSSR count). The highest BCUT2D eigenvalue weighted by Gasteiger charge is 2.29. The van der Waals surface area contributed by atoms with Gasteiger partial charge in [0.15, 0.2) is 0 Å². The third kappa shape index (κ3) is 4.16. The van der Waals surface area contributed by atoms with Gasteiger partial charge in [0, 0.05) is 24.2 Å². The number of carbonyl (C=O) groups is 1. The quantitative estimate of drug-likeness (QED) is 0.820. The van der Waals surface area contributed by atoms with E-state index in [0.717, 1.165) is 0 Å². The van der Waals surface area contributed by atoms with Crippen LogP contribution in [0.4, 0.5) is 14.5 Å². The van der Waals surface area contributed by atoms with E-state index < -0.39 is 5.76 Å². The number of alkyl halides is 2. The minimum absolute atomic E-state index is 0.0515. The summed E-state index contributed by atoms with van der Waals surface area (Å²) < 4.78 is 29.5. The van der Waals surface area contributed by atoms with Crippen molar-refractivity contribution in [2.24, 2.45) is 0 Å². The molecule has 20 heavy (non-hydrogen) atoms. The molecule has 1 aliphatic heterocycles. The fourth-order valence-electron chi connectivity index (χ4n) is 2.03. The first-order valence-corrected chi connectivity index (χ1v) is 7.08. The number of thioether (sulfide) groups is 1. The fourth-order valence-corrected chi connectivity index (χ4v) is 2.53. The number of amides is 1. The highest BCUT2D eigenvalue weighted by molar-refractivity contribution is 7.99. The average molecular weight is 302 g/mol. The lowest BCUT2D eigenvalue weighted by Gasteiger charge is -2.11. The summed E-state index contributed by atoms with van der Waals surface area (Å²) in [5.41, 5.74) is 0.594. The maximum Gasteiger partial charge on any atom is 0.288 e. The Labute approximate surface area is 120 Å². The zero-order valence-corrected chi connectivity index (χ0v) is 11.8. The van der Waals surface area contributed by atoms with Crippen LogP contribution in [0.3, 0.4) is 0 Å². The molecule has 4 nitrogen and oxygen atoms in total. The molecule has 0 saturated carbocycles. The monoisotopic (exact) mass is 302 g/mol. The second-order valence-electron chi connectivity index (χ2n) is 4.45. The molecule has 1 aromatic rings. The third-order valence-electron chi connectivity index (χ3n) is 3.09. The van der Waals surface area contributed by atoms with Crippen molar-refractivity contribution in [2.75, 3.05) is 19.0 Å². The van der Waals surface area contributed by atoms with Crippen LogP contribution in [0.2, 0.25) is 0 Å². The van der Waals surface area contributed by atoms with E-state index in [1.165, 1.54) is 0 Å². The van der Waals surface area contributed by atoms with Crippen LogP contribution in [0.25, 0.3) is 0 Å². The number of nitrogens with one attached hydrogen (secondary N) is 2. The first-order chi connectivity index (χ1) is 9.58. The van der Waals surface area contributed by atoms with Crippen LogP contribution >= 0.6 is 11.8 Å². The molecule has 2 N–H and O–H groups in total. The minimum atomic E-state index is -2.44. The van der Waals surface area contributed by atoms with Gasteiger partial charge >= 0.3 is 0 Å². The van der Waals surface area contributed by atoms with Gasteiger partial charge in [-0.2, -0.15) is 8.78 Å². The first kappa shape index (κ1) is 15.2. The number of halogens is 2. The van der Waals surface area contributed by atoms with E-state index in [4.69, 9.17) is 4.74 Å². The summed E-state index contributed by atoms with van der Waals surface area (Å²) in [4.78, 5) is 12.5. The molecule has 1 aromatic carbocycles. The van der Waals surface area contributed by atoms with E-state index in [0.29, 0.717) is 35.3 Å². The van der Waals surface area contributed by atoms with Gasteiger partial charge in [0.25, 0.3) is 5.76 Å². The Morgan fingerprint density at radius 3 is 2.70 bits per heavy atom. The zero-order valence-electron chi connectivity index (χ0n) is 10.9. The van der Waals surface area contributed by atoms with E-state index in [1.807, 2.05) is 0 Å². The number of rotatable bonds is 5. The van der Waals surface area contributed by atoms with Crippen LogP contribution in [0, 0.1) is 0 Å². The van der Waals surface area contributed by atoms with Gasteiger partial charge in [0.2, 0.25) is 5.91 Å². The van der Waals surface area contributed by atoms with Crippen LogP contribution < -0.4 is 10.6 Å². The van der Waals surface area contributed by atoms with E-state index in [9.17, 15) is 13.6 Å². The van der Waals surface area contributed by atoms with Gasteiger partial charge in [-0.1, -0.05) is 11.8 Å². The zero-order chi connectivity index (χ0) is 14.5. The number of ether oxygens (including phenoxy) is 1. The largest absolute Gasteiger partial charge is 0.380 e. The molecule has 1 saturated heterocycles. The topological polar surface area (TPSA) is 50.4 Å². The molecule has 1 aliphatic rings. The second kappa shape index (κ2) is 7.01. The number of benzene rings is 1. The molecule has 0 aromatic heterocycles. The van der Waals surface area contributed by atoms with Gasteiger partial charge in [0.05, 0.1) is 12.1 Å². The highest BCUT2D eigenvalue weighted by atomic mass is 32.2. The van der Waals surface area contributed by atoms with Gasteiger partial charge in [0.1, 0.15) is 0 Å². The lowest BCUT2D eigenvalue weighted by molar-refractivity contribution is -0.118. The van der Waals surface area contributed by atoms with Gasteiger partial charge in [-0.25, -0.2) is 0 Å². The van der Waals surface area contributed by atoms with Gasteiger partial charge < -0.3 is 15.4 Å². The number of hydrogen-bond acceptors (Lipinski definition) is 4. The van der Waals surface area contributed by atoms with E-state index in [2.05, 4.69) is 10.6 Å². The highest BCUT2D eigenvalue weighted by Crippen LogP contribution is 2.26. The molecule has 0 aliphatic carbocycles. The van der Waals surface area contributed by atoms with Crippen molar-refractivity contribution in [3.8, 4) is 0 Å². The standard InChI is InChI=1S/C13H16F2N2O2S/c1-19-9-6-11(16-7-9)12(18)17-8-2-4-10(5-3-8)20-13(14)15/h2-5,9,11,13,16H,6-7H2,1H3,(H,17,18). The summed E-state index contributed by atoms with van der Waals surface area (Å²) in [6, 6.07) is 6.07. The normalized spacial score (nSPS) is 22.2. The lowest BCUT2D eigenvalue weighted by atomic mass is 10.2. The molecule has 2 atom stereocenters. The number of methoxy groups -OCH3 is 1. The smallest absolute Gasteiger partial charge is 0.288 e. The Kier molecular flexibility index (Phi) is 5.33. The molecule has 1 heterocycles. The maximum absolute atomic E-state index is 12.2. The number of hydrogen-bond donors (Lipinski definition) is 2. The Bertz CT molecular complexity index is 456. The molecule has 0 spiro atoms. The predicted molar refractivity (Wildman–Crippen MR) is 74.1 cm³/mol. The number of anilines is 1. The second-order valence-corrected chi connectivity index (χ2v) is 5.51. The Morgan fingerprint density at radius 2 is 2.15 bits per heavy atom. The molecule has 1 fully saturated rings. The van der Waals surface area contributed by atoms with Crippen molar-refractivity contribution < 1.29 is 18.3 Å². The average Bonchev–Trinajstić information content (AvgIpc) is 2.89. The third-order valence-corrected chi connectivity index (χ3v) is 3.81. The first-order valence-electron chi connectivity index (χ1n) is 6.20.